The summed E-state index contributed by atoms with van der Waals surface area (Å²) in [5, 5.41) is 9.21. The molecule has 1 saturated carbocycles. The van der Waals surface area contributed by atoms with Crippen LogP contribution >= 0.6 is 0 Å². The maximum atomic E-state index is 12.4. The fourth-order valence-corrected chi connectivity index (χ4v) is 3.69. The van der Waals surface area contributed by atoms with Gasteiger partial charge in [0.25, 0.3) is 0 Å². The monoisotopic (exact) mass is 263 g/mol. The van der Waals surface area contributed by atoms with E-state index in [0.717, 1.165) is 6.42 Å². The lowest BCUT2D eigenvalue weighted by Crippen LogP contribution is -2.44. The summed E-state index contributed by atoms with van der Waals surface area (Å²) in [4.78, 5) is 37.3. The smallest absolute Gasteiger partial charge is 0.308 e. The first-order chi connectivity index (χ1) is 9.11. The minimum Gasteiger partial charge on any atom is -0.481 e. The van der Waals surface area contributed by atoms with Crippen LogP contribution < -0.4 is 0 Å². The lowest BCUT2D eigenvalue weighted by Gasteiger charge is -2.26. The predicted octanol–water partition coefficient (Wildman–Crippen LogP) is 1.19. The van der Waals surface area contributed by atoms with Crippen LogP contribution in [-0.4, -0.2) is 33.8 Å². The Bertz CT molecular complexity index is 444. The van der Waals surface area contributed by atoms with Crippen LogP contribution in [0.25, 0.3) is 0 Å². The van der Waals surface area contributed by atoms with E-state index in [0.29, 0.717) is 25.7 Å². The molecule has 4 atom stereocenters. The van der Waals surface area contributed by atoms with Crippen molar-refractivity contribution >= 4 is 17.8 Å². The number of hydrogen-bond acceptors (Lipinski definition) is 3. The third kappa shape index (κ3) is 1.79. The fraction of sp³-hybridized carbons (Fsp3) is 0.643. The molecule has 1 aliphatic heterocycles. The molecule has 1 heterocycles. The third-order valence-corrected chi connectivity index (χ3v) is 4.67. The molecule has 0 aromatic rings. The highest BCUT2D eigenvalue weighted by Gasteiger charge is 2.52. The van der Waals surface area contributed by atoms with Gasteiger partial charge in [0.2, 0.25) is 11.8 Å². The van der Waals surface area contributed by atoms with Gasteiger partial charge in [-0.25, -0.2) is 0 Å². The van der Waals surface area contributed by atoms with Crippen LogP contribution in [-0.2, 0) is 14.4 Å². The molecule has 2 aliphatic carbocycles. The fourth-order valence-electron chi connectivity index (χ4n) is 3.69. The molecule has 102 valence electrons. The van der Waals surface area contributed by atoms with Gasteiger partial charge in [0, 0.05) is 0 Å². The Morgan fingerprint density at radius 1 is 1.11 bits per heavy atom. The van der Waals surface area contributed by atoms with Crippen molar-refractivity contribution in [2.45, 2.75) is 38.1 Å². The first kappa shape index (κ1) is 12.4. The number of imide groups is 1. The zero-order chi connectivity index (χ0) is 13.6. The van der Waals surface area contributed by atoms with Crippen LogP contribution in [0.4, 0.5) is 0 Å². The van der Waals surface area contributed by atoms with E-state index in [9.17, 15) is 19.5 Å². The van der Waals surface area contributed by atoms with E-state index in [4.69, 9.17) is 0 Å². The maximum Gasteiger partial charge on any atom is 0.308 e. The molecule has 5 nitrogen and oxygen atoms in total. The van der Waals surface area contributed by atoms with Crippen LogP contribution in [0.1, 0.15) is 32.1 Å². The molecule has 3 aliphatic rings. The largest absolute Gasteiger partial charge is 0.481 e. The lowest BCUT2D eigenvalue weighted by molar-refractivity contribution is -0.148. The summed E-state index contributed by atoms with van der Waals surface area (Å²) in [6.07, 6.45) is 7.06. The molecular formula is C14H17NO4. The third-order valence-electron chi connectivity index (χ3n) is 4.67. The Hall–Kier alpha value is -1.65. The highest BCUT2D eigenvalue weighted by atomic mass is 16.4. The number of carbonyl (C=O) groups is 3. The van der Waals surface area contributed by atoms with E-state index < -0.39 is 17.9 Å². The molecule has 0 aromatic heterocycles. The Kier molecular flexibility index (Phi) is 2.92. The Balaban J connectivity index is 1.87. The van der Waals surface area contributed by atoms with Gasteiger partial charge in [0.15, 0.2) is 0 Å². The molecule has 2 unspecified atom stereocenters. The van der Waals surface area contributed by atoms with Crippen molar-refractivity contribution in [3.8, 4) is 0 Å². The zero-order valence-corrected chi connectivity index (χ0v) is 10.6. The number of rotatable bonds is 2. The van der Waals surface area contributed by atoms with Crippen molar-refractivity contribution in [3.05, 3.63) is 12.2 Å². The second-order valence-corrected chi connectivity index (χ2v) is 5.65. The van der Waals surface area contributed by atoms with Crippen LogP contribution in [0.5, 0.6) is 0 Å². The van der Waals surface area contributed by atoms with Crippen molar-refractivity contribution in [1.29, 1.82) is 0 Å². The highest BCUT2D eigenvalue weighted by Crippen LogP contribution is 2.40. The van der Waals surface area contributed by atoms with Crippen molar-refractivity contribution < 1.29 is 19.5 Å². The van der Waals surface area contributed by atoms with Gasteiger partial charge in [-0.1, -0.05) is 18.6 Å². The summed E-state index contributed by atoms with van der Waals surface area (Å²) in [7, 11) is 0. The Morgan fingerprint density at radius 2 is 1.68 bits per heavy atom. The molecule has 0 aromatic carbocycles. The number of fused-ring (bicyclic) bond motifs is 1. The summed E-state index contributed by atoms with van der Waals surface area (Å²) in [5.74, 6) is -2.30. The standard InChI is InChI=1S/C14H17NO4/c16-12-8-4-1-2-5-9(8)13(17)15(12)11-7-3-6-10(11)14(18)19/h1-2,8-11H,3-7H2,(H,18,19)/t8-,9+,10?,11?. The summed E-state index contributed by atoms with van der Waals surface area (Å²) < 4.78 is 0. The SMILES string of the molecule is O=C(O)C1CCCC1N1C(=O)[C@H]2CC=CC[C@H]2C1=O. The zero-order valence-electron chi connectivity index (χ0n) is 10.6. The Labute approximate surface area is 111 Å². The van der Waals surface area contributed by atoms with Gasteiger partial charge >= 0.3 is 5.97 Å². The van der Waals surface area contributed by atoms with Gasteiger partial charge < -0.3 is 5.11 Å². The molecule has 3 rings (SSSR count). The number of carboxylic acids is 1. The van der Waals surface area contributed by atoms with Gasteiger partial charge in [-0.15, -0.1) is 0 Å². The topological polar surface area (TPSA) is 74.7 Å². The molecule has 0 bridgehead atoms. The number of hydrogen-bond donors (Lipinski definition) is 1. The molecule has 1 N–H and O–H groups in total. The lowest BCUT2D eigenvalue weighted by atomic mass is 9.85. The number of amides is 2. The van der Waals surface area contributed by atoms with Crippen molar-refractivity contribution in [1.82, 2.24) is 4.90 Å². The van der Waals surface area contributed by atoms with E-state index in [1.165, 1.54) is 4.90 Å². The van der Waals surface area contributed by atoms with E-state index >= 15 is 0 Å². The maximum absolute atomic E-state index is 12.4. The van der Waals surface area contributed by atoms with Gasteiger partial charge in [0.05, 0.1) is 23.8 Å². The molecule has 2 fully saturated rings. The van der Waals surface area contributed by atoms with Crippen molar-refractivity contribution in [3.63, 3.8) is 0 Å². The quantitative estimate of drug-likeness (QED) is 0.600. The second-order valence-electron chi connectivity index (χ2n) is 5.65. The minimum absolute atomic E-state index is 0.155. The van der Waals surface area contributed by atoms with Gasteiger partial charge in [0.1, 0.15) is 0 Å². The summed E-state index contributed by atoms with van der Waals surface area (Å²) in [5.41, 5.74) is 0. The number of nitrogens with zero attached hydrogens (tertiary/aromatic N) is 1. The molecular weight excluding hydrogens is 246 g/mol. The van der Waals surface area contributed by atoms with Crippen molar-refractivity contribution in [2.24, 2.45) is 17.8 Å². The Morgan fingerprint density at radius 3 is 2.21 bits per heavy atom. The molecule has 2 amide bonds. The molecule has 5 heteroatoms. The molecule has 1 saturated heterocycles. The number of carboxylic acid groups (broad SMARTS) is 1. The molecule has 0 radical (unpaired) electrons. The second kappa shape index (κ2) is 4.47. The molecule has 19 heavy (non-hydrogen) atoms. The van der Waals surface area contributed by atoms with Crippen molar-refractivity contribution in [2.75, 3.05) is 0 Å². The number of carbonyl (C=O) groups excluding carboxylic acids is 2. The normalized spacial score (nSPS) is 37.8. The van der Waals surface area contributed by atoms with Crippen LogP contribution in [0.2, 0.25) is 0 Å². The first-order valence-corrected chi connectivity index (χ1v) is 6.86. The van der Waals surface area contributed by atoms with Crippen LogP contribution in [0, 0.1) is 17.8 Å². The average molecular weight is 263 g/mol. The van der Waals surface area contributed by atoms with Crippen LogP contribution in [0.3, 0.4) is 0 Å². The number of aliphatic carboxylic acids is 1. The van der Waals surface area contributed by atoms with Gasteiger partial charge in [-0.05, 0) is 25.7 Å². The number of allylic oxidation sites excluding steroid dienone is 2. The minimum atomic E-state index is -0.893. The van der Waals surface area contributed by atoms with E-state index in [-0.39, 0.29) is 23.7 Å². The van der Waals surface area contributed by atoms with E-state index in [2.05, 4.69) is 0 Å². The first-order valence-electron chi connectivity index (χ1n) is 6.86. The summed E-state index contributed by atoms with van der Waals surface area (Å²) in [6, 6.07) is -0.428. The molecule has 0 spiro atoms. The van der Waals surface area contributed by atoms with E-state index in [1.54, 1.807) is 0 Å². The van der Waals surface area contributed by atoms with Gasteiger partial charge in [-0.3, -0.25) is 19.3 Å². The summed E-state index contributed by atoms with van der Waals surface area (Å²) >= 11 is 0. The van der Waals surface area contributed by atoms with E-state index in [1.807, 2.05) is 12.2 Å². The average Bonchev–Trinajstić information content (AvgIpc) is 2.95. The predicted molar refractivity (Wildman–Crippen MR) is 66.0 cm³/mol. The summed E-state index contributed by atoms with van der Waals surface area (Å²) in [6.45, 7) is 0. The number of likely N-dealkylation sites (tertiary alicyclic amines) is 1. The van der Waals surface area contributed by atoms with Gasteiger partial charge in [-0.2, -0.15) is 0 Å². The van der Waals surface area contributed by atoms with Crippen LogP contribution in [0.15, 0.2) is 12.2 Å². The highest BCUT2D eigenvalue weighted by molar-refractivity contribution is 6.06.